The number of nitrogens with zero attached hydrogens (tertiary/aromatic N) is 3. The van der Waals surface area contributed by atoms with Gasteiger partial charge in [0.2, 0.25) is 0 Å². The molecule has 6 heteroatoms. The standard InChI is InChI=1S/C18H34N4O2/c1-14-7-6-11-21(13-14)16(19-5)20-10-12-22(15-8-9-15)17(23)24-18(2,3)4/h14-15H,6-13H2,1-5H3,(H,19,20). The number of rotatable bonds is 4. The molecule has 1 N–H and O–H groups in total. The summed E-state index contributed by atoms with van der Waals surface area (Å²) in [6, 6.07) is 0.346. The highest BCUT2D eigenvalue weighted by atomic mass is 16.6. The zero-order valence-electron chi connectivity index (χ0n) is 16.0. The van der Waals surface area contributed by atoms with E-state index in [2.05, 4.69) is 22.1 Å². The number of guanidine groups is 1. The van der Waals surface area contributed by atoms with Crippen molar-refractivity contribution < 1.29 is 9.53 Å². The lowest BCUT2D eigenvalue weighted by atomic mass is 10.0. The Kier molecular flexibility index (Phi) is 6.35. The number of hydrogen-bond donors (Lipinski definition) is 1. The minimum atomic E-state index is -0.447. The van der Waals surface area contributed by atoms with Crippen LogP contribution in [0.2, 0.25) is 0 Å². The van der Waals surface area contributed by atoms with Crippen LogP contribution in [0.1, 0.15) is 53.4 Å². The van der Waals surface area contributed by atoms with E-state index in [4.69, 9.17) is 4.74 Å². The maximum atomic E-state index is 12.4. The second-order valence-electron chi connectivity index (χ2n) is 8.07. The van der Waals surface area contributed by atoms with Crippen molar-refractivity contribution >= 4 is 12.1 Å². The molecule has 0 radical (unpaired) electrons. The maximum absolute atomic E-state index is 12.4. The summed E-state index contributed by atoms with van der Waals surface area (Å²) >= 11 is 0. The first-order valence-corrected chi connectivity index (χ1v) is 9.25. The van der Waals surface area contributed by atoms with Gasteiger partial charge in [-0.3, -0.25) is 4.99 Å². The molecule has 24 heavy (non-hydrogen) atoms. The second kappa shape index (κ2) is 8.08. The van der Waals surface area contributed by atoms with E-state index in [0.717, 1.165) is 31.9 Å². The van der Waals surface area contributed by atoms with E-state index in [0.29, 0.717) is 25.0 Å². The van der Waals surface area contributed by atoms with Gasteiger partial charge >= 0.3 is 6.09 Å². The van der Waals surface area contributed by atoms with Gasteiger partial charge in [-0.25, -0.2) is 4.79 Å². The largest absolute Gasteiger partial charge is 0.444 e. The van der Waals surface area contributed by atoms with Gasteiger partial charge in [-0.2, -0.15) is 0 Å². The highest BCUT2D eigenvalue weighted by Crippen LogP contribution is 2.28. The Morgan fingerprint density at radius 1 is 1.33 bits per heavy atom. The van der Waals surface area contributed by atoms with Gasteiger partial charge in [0.05, 0.1) is 0 Å². The van der Waals surface area contributed by atoms with Crippen LogP contribution in [-0.2, 0) is 4.74 Å². The number of ether oxygens (including phenoxy) is 1. The lowest BCUT2D eigenvalue weighted by Crippen LogP contribution is -2.49. The molecule has 138 valence electrons. The minimum Gasteiger partial charge on any atom is -0.444 e. The van der Waals surface area contributed by atoms with E-state index in [-0.39, 0.29) is 6.09 Å². The van der Waals surface area contributed by atoms with Crippen LogP contribution in [0.4, 0.5) is 4.79 Å². The van der Waals surface area contributed by atoms with E-state index < -0.39 is 5.60 Å². The van der Waals surface area contributed by atoms with E-state index >= 15 is 0 Å². The summed E-state index contributed by atoms with van der Waals surface area (Å²) in [4.78, 5) is 21.0. The molecule has 0 spiro atoms. The third-order valence-electron chi connectivity index (χ3n) is 4.42. The van der Waals surface area contributed by atoms with Crippen molar-refractivity contribution in [3.63, 3.8) is 0 Å². The number of aliphatic imine (C=N–C) groups is 1. The topological polar surface area (TPSA) is 57.2 Å². The Balaban J connectivity index is 1.82. The molecule has 6 nitrogen and oxygen atoms in total. The van der Waals surface area contributed by atoms with Gasteiger partial charge < -0.3 is 19.9 Å². The molecular weight excluding hydrogens is 304 g/mol. The van der Waals surface area contributed by atoms with Crippen LogP contribution in [0, 0.1) is 5.92 Å². The molecule has 1 atom stereocenters. The zero-order chi connectivity index (χ0) is 17.7. The molecule has 0 aromatic carbocycles. The van der Waals surface area contributed by atoms with Crippen molar-refractivity contribution in [3.05, 3.63) is 0 Å². The van der Waals surface area contributed by atoms with Gasteiger partial charge in [0, 0.05) is 39.3 Å². The third kappa shape index (κ3) is 5.87. The number of carbonyl (C=O) groups excluding carboxylic acids is 1. The van der Waals surface area contributed by atoms with Gasteiger partial charge in [-0.1, -0.05) is 6.92 Å². The number of amides is 1. The first kappa shape index (κ1) is 18.9. The Morgan fingerprint density at radius 3 is 2.58 bits per heavy atom. The molecule has 2 rings (SSSR count). The summed E-state index contributed by atoms with van der Waals surface area (Å²) in [7, 11) is 1.83. The lowest BCUT2D eigenvalue weighted by Gasteiger charge is -2.34. The van der Waals surface area contributed by atoms with Crippen molar-refractivity contribution in [1.82, 2.24) is 15.1 Å². The summed E-state index contributed by atoms with van der Waals surface area (Å²) in [5.74, 6) is 1.66. The predicted molar refractivity (Wildman–Crippen MR) is 97.3 cm³/mol. The molecule has 1 saturated carbocycles. The molecule has 1 saturated heterocycles. The van der Waals surface area contributed by atoms with Gasteiger partial charge in [-0.15, -0.1) is 0 Å². The number of carbonyl (C=O) groups is 1. The SMILES string of the molecule is CN=C(NCCN(C(=O)OC(C)(C)C)C1CC1)N1CCCC(C)C1. The first-order chi connectivity index (χ1) is 11.3. The average molecular weight is 338 g/mol. The summed E-state index contributed by atoms with van der Waals surface area (Å²) in [5.41, 5.74) is -0.447. The van der Waals surface area contributed by atoms with Crippen LogP contribution in [0.15, 0.2) is 4.99 Å². The van der Waals surface area contributed by atoms with E-state index in [1.807, 2.05) is 32.7 Å². The van der Waals surface area contributed by atoms with Gasteiger partial charge in [0.15, 0.2) is 5.96 Å². The lowest BCUT2D eigenvalue weighted by molar-refractivity contribution is 0.0237. The van der Waals surface area contributed by atoms with E-state index in [1.165, 1.54) is 12.8 Å². The maximum Gasteiger partial charge on any atom is 0.410 e. The Hall–Kier alpha value is -1.46. The molecule has 0 aromatic rings. The normalized spacial score (nSPS) is 22.3. The fourth-order valence-corrected chi connectivity index (χ4v) is 3.13. The second-order valence-corrected chi connectivity index (χ2v) is 8.07. The smallest absolute Gasteiger partial charge is 0.410 e. The average Bonchev–Trinajstić information content (AvgIpc) is 3.30. The van der Waals surface area contributed by atoms with Crippen molar-refractivity contribution in [2.45, 2.75) is 65.0 Å². The van der Waals surface area contributed by atoms with Crippen molar-refractivity contribution in [1.29, 1.82) is 0 Å². The van der Waals surface area contributed by atoms with Crippen molar-refractivity contribution in [2.24, 2.45) is 10.9 Å². The van der Waals surface area contributed by atoms with Gasteiger partial charge in [0.25, 0.3) is 0 Å². The van der Waals surface area contributed by atoms with Gasteiger partial charge in [0.1, 0.15) is 5.60 Å². The number of hydrogen-bond acceptors (Lipinski definition) is 3. The Morgan fingerprint density at radius 2 is 2.04 bits per heavy atom. The zero-order valence-corrected chi connectivity index (χ0v) is 16.0. The number of nitrogens with one attached hydrogen (secondary N) is 1. The van der Waals surface area contributed by atoms with Crippen LogP contribution >= 0.6 is 0 Å². The number of likely N-dealkylation sites (tertiary alicyclic amines) is 1. The molecular formula is C18H34N4O2. The summed E-state index contributed by atoms with van der Waals surface area (Å²) in [6.45, 7) is 11.5. The van der Waals surface area contributed by atoms with Crippen LogP contribution < -0.4 is 5.32 Å². The summed E-state index contributed by atoms with van der Waals surface area (Å²) in [6.07, 6.45) is 4.47. The molecule has 0 bridgehead atoms. The first-order valence-electron chi connectivity index (χ1n) is 9.25. The highest BCUT2D eigenvalue weighted by Gasteiger charge is 2.35. The molecule has 1 amide bonds. The molecule has 0 aromatic heterocycles. The highest BCUT2D eigenvalue weighted by molar-refractivity contribution is 5.80. The molecule has 1 unspecified atom stereocenters. The van der Waals surface area contributed by atoms with Gasteiger partial charge in [-0.05, 0) is 52.4 Å². The molecule has 1 aliphatic heterocycles. The van der Waals surface area contributed by atoms with E-state index in [1.54, 1.807) is 0 Å². The molecule has 2 fully saturated rings. The number of piperidine rings is 1. The van der Waals surface area contributed by atoms with Crippen molar-refractivity contribution in [2.75, 3.05) is 33.2 Å². The fourth-order valence-electron chi connectivity index (χ4n) is 3.13. The van der Waals surface area contributed by atoms with E-state index in [9.17, 15) is 4.79 Å². The fraction of sp³-hybridized carbons (Fsp3) is 0.889. The van der Waals surface area contributed by atoms with Crippen molar-refractivity contribution in [3.8, 4) is 0 Å². The molecule has 1 aliphatic carbocycles. The molecule has 1 heterocycles. The quantitative estimate of drug-likeness (QED) is 0.632. The van der Waals surface area contributed by atoms with Crippen LogP contribution in [-0.4, -0.2) is 66.7 Å². The van der Waals surface area contributed by atoms with Crippen LogP contribution in [0.3, 0.4) is 0 Å². The monoisotopic (exact) mass is 338 g/mol. The minimum absolute atomic E-state index is 0.201. The predicted octanol–water partition coefficient (Wildman–Crippen LogP) is 2.69. The summed E-state index contributed by atoms with van der Waals surface area (Å²) in [5, 5.41) is 3.42. The Bertz CT molecular complexity index is 454. The molecule has 2 aliphatic rings. The van der Waals surface area contributed by atoms with Crippen LogP contribution in [0.5, 0.6) is 0 Å². The third-order valence-corrected chi connectivity index (χ3v) is 4.42. The van der Waals surface area contributed by atoms with Crippen LogP contribution in [0.25, 0.3) is 0 Å². The Labute approximate surface area is 146 Å². The summed E-state index contributed by atoms with van der Waals surface area (Å²) < 4.78 is 5.53.